The van der Waals surface area contributed by atoms with Crippen LogP contribution >= 0.6 is 23.7 Å². The first-order valence-electron chi connectivity index (χ1n) is 9.70. The fourth-order valence-corrected chi connectivity index (χ4v) is 4.64. The number of carbonyl (C=O) groups is 1. The van der Waals surface area contributed by atoms with Crippen LogP contribution in [0.15, 0.2) is 42.5 Å². The van der Waals surface area contributed by atoms with Gasteiger partial charge in [-0.15, -0.1) is 23.7 Å². The number of halogens is 1. The lowest BCUT2D eigenvalue weighted by atomic mass is 10.1. The van der Waals surface area contributed by atoms with Gasteiger partial charge in [0.2, 0.25) is 6.79 Å². The second-order valence-electron chi connectivity index (χ2n) is 7.06. The highest BCUT2D eigenvalue weighted by molar-refractivity contribution is 7.25. The Balaban J connectivity index is 0.00000231. The number of carboxylic acids is 1. The van der Waals surface area contributed by atoms with E-state index in [9.17, 15) is 4.79 Å². The smallest absolute Gasteiger partial charge is 0.303 e. The first kappa shape index (κ1) is 21.1. The van der Waals surface area contributed by atoms with Crippen LogP contribution in [0, 0.1) is 0 Å². The van der Waals surface area contributed by atoms with Gasteiger partial charge < -0.3 is 19.9 Å². The Hall–Kier alpha value is -3.10. The Morgan fingerprint density at radius 3 is 2.84 bits per heavy atom. The third-order valence-electron chi connectivity index (χ3n) is 4.97. The zero-order valence-corrected chi connectivity index (χ0v) is 18.1. The maximum Gasteiger partial charge on any atom is 0.303 e. The van der Waals surface area contributed by atoms with Gasteiger partial charge in [0.05, 0.1) is 5.39 Å². The van der Waals surface area contributed by atoms with Gasteiger partial charge in [0, 0.05) is 29.5 Å². The van der Waals surface area contributed by atoms with Crippen molar-refractivity contribution in [3.05, 3.63) is 53.9 Å². The molecule has 3 heterocycles. The maximum absolute atomic E-state index is 10.9. The number of carboxylic acid groups (broad SMARTS) is 1. The van der Waals surface area contributed by atoms with Crippen molar-refractivity contribution in [3.63, 3.8) is 0 Å². The second-order valence-corrected chi connectivity index (χ2v) is 8.09. The predicted octanol–water partition coefficient (Wildman–Crippen LogP) is 5.01. The predicted molar refractivity (Wildman–Crippen MR) is 123 cm³/mol. The number of aromatic nitrogens is 2. The summed E-state index contributed by atoms with van der Waals surface area (Å²) in [5, 5.41) is 14.5. The van der Waals surface area contributed by atoms with E-state index in [1.165, 1.54) is 0 Å². The third-order valence-corrected chi connectivity index (χ3v) is 6.04. The fraction of sp³-hybridized carbons (Fsp3) is 0.227. The number of aliphatic carboxylic acids is 1. The van der Waals surface area contributed by atoms with E-state index in [4.69, 9.17) is 24.5 Å². The van der Waals surface area contributed by atoms with E-state index in [1.54, 1.807) is 11.3 Å². The molecule has 0 bridgehead atoms. The number of nitrogens with zero attached hydrogens (tertiary/aromatic N) is 2. The number of fused-ring (bicyclic) bond motifs is 4. The molecule has 0 fully saturated rings. The van der Waals surface area contributed by atoms with Crippen LogP contribution in [-0.2, 0) is 17.8 Å². The lowest BCUT2D eigenvalue weighted by molar-refractivity contribution is -0.137. The van der Waals surface area contributed by atoms with Crippen molar-refractivity contribution in [1.29, 1.82) is 0 Å². The number of hydrogen-bond donors (Lipinski definition) is 2. The Morgan fingerprint density at radius 2 is 1.97 bits per heavy atom. The van der Waals surface area contributed by atoms with Crippen LogP contribution in [0.1, 0.15) is 24.2 Å². The summed E-state index contributed by atoms with van der Waals surface area (Å²) < 4.78 is 12.0. The third kappa shape index (κ3) is 4.35. The zero-order valence-electron chi connectivity index (χ0n) is 16.5. The van der Waals surface area contributed by atoms with Crippen LogP contribution in [-0.4, -0.2) is 27.8 Å². The first-order valence-corrected chi connectivity index (χ1v) is 10.5. The molecule has 0 amide bonds. The molecule has 0 saturated carbocycles. The summed E-state index contributed by atoms with van der Waals surface area (Å²) in [7, 11) is 0. The minimum atomic E-state index is -0.806. The Morgan fingerprint density at radius 1 is 1.13 bits per heavy atom. The summed E-state index contributed by atoms with van der Waals surface area (Å²) in [6.07, 6.45) is 1.14. The van der Waals surface area contributed by atoms with Crippen molar-refractivity contribution in [1.82, 2.24) is 9.97 Å². The van der Waals surface area contributed by atoms with Crippen molar-refractivity contribution in [2.24, 2.45) is 0 Å². The van der Waals surface area contributed by atoms with Crippen molar-refractivity contribution in [3.8, 4) is 11.5 Å². The molecule has 7 nitrogen and oxygen atoms in total. The normalized spacial score (nSPS) is 12.1. The van der Waals surface area contributed by atoms with Crippen molar-refractivity contribution >= 4 is 55.8 Å². The molecule has 1 aliphatic heterocycles. The van der Waals surface area contributed by atoms with Crippen LogP contribution in [0.4, 0.5) is 5.82 Å². The summed E-state index contributed by atoms with van der Waals surface area (Å²) in [5.74, 6) is 2.12. The van der Waals surface area contributed by atoms with E-state index in [0.29, 0.717) is 25.2 Å². The average molecular weight is 458 g/mol. The van der Waals surface area contributed by atoms with Crippen molar-refractivity contribution in [2.75, 3.05) is 12.1 Å². The number of anilines is 1. The van der Waals surface area contributed by atoms with E-state index in [1.807, 2.05) is 30.3 Å². The van der Waals surface area contributed by atoms with E-state index < -0.39 is 5.97 Å². The number of thiophene rings is 1. The zero-order chi connectivity index (χ0) is 20.5. The highest BCUT2D eigenvalue weighted by Gasteiger charge is 2.16. The first-order chi connectivity index (χ1) is 14.7. The van der Waals surface area contributed by atoms with E-state index in [0.717, 1.165) is 43.2 Å². The van der Waals surface area contributed by atoms with Crippen LogP contribution in [0.25, 0.3) is 20.3 Å². The molecule has 2 N–H and O–H groups in total. The minimum Gasteiger partial charge on any atom is -0.481 e. The summed E-state index contributed by atoms with van der Waals surface area (Å²) in [5.41, 5.74) is 1.05. The lowest BCUT2D eigenvalue weighted by Crippen LogP contribution is -2.06. The standard InChI is InChI=1S/C22H19N3O4S.ClH/c26-19(27)7-3-6-18-24-21(20-14-4-1-2-5-17(14)30-22(20)25-18)23-11-13-8-9-15-16(10-13)29-12-28-15;/h1-2,4-5,8-10H,3,6-7,11-12H2,(H,26,27)(H,23,24,25);1H. The quantitative estimate of drug-likeness (QED) is 0.402. The number of ether oxygens (including phenoxy) is 2. The van der Waals surface area contributed by atoms with E-state index in [2.05, 4.69) is 17.4 Å². The molecule has 0 spiro atoms. The SMILES string of the molecule is Cl.O=C(O)CCCc1nc(NCc2ccc3c(c2)OCO3)c2c(n1)sc1ccccc12. The van der Waals surface area contributed by atoms with Gasteiger partial charge in [0.25, 0.3) is 0 Å². The Labute approximate surface area is 188 Å². The number of rotatable bonds is 7. The van der Waals surface area contributed by atoms with Gasteiger partial charge in [-0.1, -0.05) is 24.3 Å². The summed E-state index contributed by atoms with van der Waals surface area (Å²) in [6.45, 7) is 0.820. The molecule has 0 unspecified atom stereocenters. The van der Waals surface area contributed by atoms with E-state index in [-0.39, 0.29) is 25.6 Å². The van der Waals surface area contributed by atoms with Crippen molar-refractivity contribution in [2.45, 2.75) is 25.8 Å². The van der Waals surface area contributed by atoms with Gasteiger partial charge in [0.1, 0.15) is 16.5 Å². The van der Waals surface area contributed by atoms with Gasteiger partial charge in [0.15, 0.2) is 11.5 Å². The molecule has 160 valence electrons. The van der Waals surface area contributed by atoms with Gasteiger partial charge in [-0.2, -0.15) is 0 Å². The van der Waals surface area contributed by atoms with Gasteiger partial charge in [-0.3, -0.25) is 4.79 Å². The molecule has 9 heteroatoms. The molecule has 0 radical (unpaired) electrons. The summed E-state index contributed by atoms with van der Waals surface area (Å²) in [4.78, 5) is 21.2. The molecule has 2 aromatic heterocycles. The minimum absolute atomic E-state index is 0. The van der Waals surface area contributed by atoms with Crippen molar-refractivity contribution < 1.29 is 19.4 Å². The molecule has 31 heavy (non-hydrogen) atoms. The molecule has 0 atom stereocenters. The number of aryl methyl sites for hydroxylation is 1. The number of hydrogen-bond acceptors (Lipinski definition) is 7. The Bertz CT molecular complexity index is 1260. The average Bonchev–Trinajstić information content (AvgIpc) is 3.35. The highest BCUT2D eigenvalue weighted by Crippen LogP contribution is 2.37. The summed E-state index contributed by atoms with van der Waals surface area (Å²) >= 11 is 1.62. The molecular formula is C22H20ClN3O4S. The Kier molecular flexibility index (Phi) is 6.11. The second kappa shape index (κ2) is 8.95. The maximum atomic E-state index is 10.9. The lowest BCUT2D eigenvalue weighted by Gasteiger charge is -2.10. The fourth-order valence-electron chi connectivity index (χ4n) is 3.54. The van der Waals surface area contributed by atoms with Gasteiger partial charge in [-0.25, -0.2) is 9.97 Å². The topological polar surface area (TPSA) is 93.6 Å². The molecule has 5 rings (SSSR count). The van der Waals surface area contributed by atoms with Crippen LogP contribution < -0.4 is 14.8 Å². The monoisotopic (exact) mass is 457 g/mol. The molecule has 0 saturated heterocycles. The number of benzene rings is 2. The van der Waals surface area contributed by atoms with E-state index >= 15 is 0 Å². The highest BCUT2D eigenvalue weighted by atomic mass is 35.5. The molecule has 1 aliphatic rings. The van der Waals surface area contributed by atoms with Gasteiger partial charge >= 0.3 is 5.97 Å². The largest absolute Gasteiger partial charge is 0.481 e. The number of nitrogens with one attached hydrogen (secondary N) is 1. The summed E-state index contributed by atoms with van der Waals surface area (Å²) in [6, 6.07) is 14.0. The van der Waals surface area contributed by atoms with Crippen LogP contribution in [0.3, 0.4) is 0 Å². The molecule has 2 aromatic carbocycles. The van der Waals surface area contributed by atoms with Gasteiger partial charge in [-0.05, 0) is 30.2 Å². The van der Waals surface area contributed by atoms with Crippen LogP contribution in [0.2, 0.25) is 0 Å². The molecular weight excluding hydrogens is 438 g/mol. The van der Waals surface area contributed by atoms with Crippen LogP contribution in [0.5, 0.6) is 11.5 Å². The molecule has 0 aliphatic carbocycles. The molecule has 4 aromatic rings.